The summed E-state index contributed by atoms with van der Waals surface area (Å²) in [6.07, 6.45) is 8.55. The van der Waals surface area contributed by atoms with Gasteiger partial charge in [0.05, 0.1) is 18.3 Å². The lowest BCUT2D eigenvalue weighted by Crippen LogP contribution is -2.42. The Morgan fingerprint density at radius 1 is 1.15 bits per heavy atom. The zero-order valence-electron chi connectivity index (χ0n) is 20.5. The summed E-state index contributed by atoms with van der Waals surface area (Å²) in [6, 6.07) is 10.6. The third kappa shape index (κ3) is 3.18. The average molecular weight is 453 g/mol. The highest BCUT2D eigenvalue weighted by molar-refractivity contribution is 5.92. The second-order valence-corrected chi connectivity index (χ2v) is 10.6. The number of pyridine rings is 1. The molecule has 6 rings (SSSR count). The first kappa shape index (κ1) is 21.4. The third-order valence-corrected chi connectivity index (χ3v) is 8.44. The lowest BCUT2D eigenvalue weighted by Gasteiger charge is -2.37. The summed E-state index contributed by atoms with van der Waals surface area (Å²) >= 11 is 0. The maximum absolute atomic E-state index is 9.24. The minimum Gasteiger partial charge on any atom is -0.354 e. The van der Waals surface area contributed by atoms with E-state index in [4.69, 9.17) is 0 Å². The van der Waals surface area contributed by atoms with Crippen LogP contribution in [0.5, 0.6) is 0 Å². The van der Waals surface area contributed by atoms with Gasteiger partial charge in [-0.3, -0.25) is 4.90 Å². The Kier molecular flexibility index (Phi) is 5.00. The zero-order valence-corrected chi connectivity index (χ0v) is 20.5. The number of piperidine rings is 1. The van der Waals surface area contributed by atoms with Crippen LogP contribution < -0.4 is 0 Å². The third-order valence-electron chi connectivity index (χ3n) is 8.44. The van der Waals surface area contributed by atoms with Crippen molar-refractivity contribution >= 4 is 16.6 Å². The number of H-pyrrole nitrogens is 1. The number of aryl methyl sites for hydroxylation is 1. The van der Waals surface area contributed by atoms with Gasteiger partial charge < -0.3 is 4.98 Å². The Morgan fingerprint density at radius 2 is 1.91 bits per heavy atom. The quantitative estimate of drug-likeness (QED) is 0.394. The van der Waals surface area contributed by atoms with Gasteiger partial charge in [0.25, 0.3) is 0 Å². The molecule has 3 aromatic heterocycles. The SMILES string of the molecule is Cc1c(-c2[nH]c3ccc(C4CC5CCC(C4)N5CC#N)cc3c2C(C)C)cn2ncnc2c1C. The molecule has 2 atom stereocenters. The number of aromatic nitrogens is 4. The van der Waals surface area contributed by atoms with E-state index in [0.29, 0.717) is 30.5 Å². The molecule has 6 nitrogen and oxygen atoms in total. The number of nitriles is 1. The van der Waals surface area contributed by atoms with Gasteiger partial charge in [-0.1, -0.05) is 19.9 Å². The van der Waals surface area contributed by atoms with Gasteiger partial charge in [-0.2, -0.15) is 10.4 Å². The summed E-state index contributed by atoms with van der Waals surface area (Å²) in [7, 11) is 0. The molecule has 2 aliphatic heterocycles. The minimum absolute atomic E-state index is 0.388. The number of nitrogens with zero attached hydrogens (tertiary/aromatic N) is 5. The van der Waals surface area contributed by atoms with Gasteiger partial charge in [-0.15, -0.1) is 0 Å². The fraction of sp³-hybridized carbons (Fsp3) is 0.464. The molecule has 2 aliphatic rings. The lowest BCUT2D eigenvalue weighted by molar-refractivity contribution is 0.144. The molecule has 2 unspecified atom stereocenters. The van der Waals surface area contributed by atoms with Crippen molar-refractivity contribution in [3.63, 3.8) is 0 Å². The van der Waals surface area contributed by atoms with E-state index in [1.165, 1.54) is 70.1 Å². The number of fused-ring (bicyclic) bond motifs is 4. The second kappa shape index (κ2) is 7.95. The van der Waals surface area contributed by atoms with E-state index in [2.05, 4.69) is 78.1 Å². The molecule has 0 radical (unpaired) electrons. The van der Waals surface area contributed by atoms with Crippen LogP contribution in [-0.4, -0.2) is 43.1 Å². The normalized spacial score (nSPS) is 22.8. The number of hydrogen-bond donors (Lipinski definition) is 1. The number of benzene rings is 1. The van der Waals surface area contributed by atoms with Crippen molar-refractivity contribution in [2.75, 3.05) is 6.54 Å². The molecule has 0 saturated carbocycles. The smallest absolute Gasteiger partial charge is 0.158 e. The van der Waals surface area contributed by atoms with Crippen molar-refractivity contribution in [2.45, 2.75) is 77.3 Å². The van der Waals surface area contributed by atoms with E-state index in [0.717, 1.165) is 5.65 Å². The van der Waals surface area contributed by atoms with E-state index in [-0.39, 0.29) is 0 Å². The first-order valence-corrected chi connectivity index (χ1v) is 12.5. The molecule has 0 amide bonds. The van der Waals surface area contributed by atoms with Crippen molar-refractivity contribution in [1.29, 1.82) is 5.26 Å². The zero-order chi connectivity index (χ0) is 23.6. The largest absolute Gasteiger partial charge is 0.354 e. The summed E-state index contributed by atoms with van der Waals surface area (Å²) in [4.78, 5) is 10.6. The van der Waals surface area contributed by atoms with Crippen LogP contribution in [0.3, 0.4) is 0 Å². The molecule has 2 fully saturated rings. The van der Waals surface area contributed by atoms with Gasteiger partial charge in [0, 0.05) is 34.7 Å². The van der Waals surface area contributed by atoms with Crippen molar-refractivity contribution in [3.05, 3.63) is 53.0 Å². The van der Waals surface area contributed by atoms with Crippen LogP contribution in [0.4, 0.5) is 0 Å². The molecule has 2 bridgehead atoms. The monoisotopic (exact) mass is 452 g/mol. The van der Waals surface area contributed by atoms with Crippen molar-refractivity contribution in [1.82, 2.24) is 24.5 Å². The minimum atomic E-state index is 0.388. The summed E-state index contributed by atoms with van der Waals surface area (Å²) in [5.74, 6) is 0.962. The van der Waals surface area contributed by atoms with Crippen LogP contribution in [-0.2, 0) is 0 Å². The molecule has 4 aromatic rings. The van der Waals surface area contributed by atoms with Gasteiger partial charge in [0.2, 0.25) is 0 Å². The Bertz CT molecular complexity index is 1420. The Balaban J connectivity index is 1.44. The van der Waals surface area contributed by atoms with Crippen LogP contribution in [0.2, 0.25) is 0 Å². The summed E-state index contributed by atoms with van der Waals surface area (Å²) in [5.41, 5.74) is 9.76. The predicted octanol–water partition coefficient (Wildman–Crippen LogP) is 5.85. The van der Waals surface area contributed by atoms with Crippen molar-refractivity contribution in [2.24, 2.45) is 0 Å². The number of rotatable bonds is 4. The first-order valence-electron chi connectivity index (χ1n) is 12.5. The second-order valence-electron chi connectivity index (χ2n) is 10.6. The fourth-order valence-corrected chi connectivity index (χ4v) is 6.64. The predicted molar refractivity (Wildman–Crippen MR) is 135 cm³/mol. The Hall–Kier alpha value is -3.17. The molecule has 2 saturated heterocycles. The maximum Gasteiger partial charge on any atom is 0.158 e. The molecule has 0 aliphatic carbocycles. The van der Waals surface area contributed by atoms with Crippen LogP contribution >= 0.6 is 0 Å². The molecule has 0 spiro atoms. The first-order chi connectivity index (χ1) is 16.5. The molecule has 1 aromatic carbocycles. The molecule has 34 heavy (non-hydrogen) atoms. The summed E-state index contributed by atoms with van der Waals surface area (Å²) in [6.45, 7) is 9.47. The van der Waals surface area contributed by atoms with Crippen LogP contribution in [0, 0.1) is 25.2 Å². The average Bonchev–Trinajstić information content (AvgIpc) is 3.50. The van der Waals surface area contributed by atoms with Gasteiger partial charge in [-0.25, -0.2) is 9.50 Å². The molecule has 174 valence electrons. The highest BCUT2D eigenvalue weighted by Gasteiger charge is 2.40. The standard InChI is InChI=1S/C28H32N6/c1-16(2)26-23-13-19(20-11-21-6-7-22(12-20)33(21)10-9-29)5-8-25(23)32-27(26)24-14-34-28(30-15-31-34)18(4)17(24)3/h5,8,13-16,20-22,32H,6-7,10-12H2,1-4H3. The summed E-state index contributed by atoms with van der Waals surface area (Å²) in [5, 5.41) is 15.0. The maximum atomic E-state index is 9.24. The van der Waals surface area contributed by atoms with Crippen LogP contribution in [0.15, 0.2) is 30.7 Å². The molecule has 5 heterocycles. The molecular weight excluding hydrogens is 420 g/mol. The van der Waals surface area contributed by atoms with Crippen molar-refractivity contribution in [3.8, 4) is 17.3 Å². The van der Waals surface area contributed by atoms with E-state index in [1.54, 1.807) is 6.33 Å². The van der Waals surface area contributed by atoms with Gasteiger partial charge in [0.1, 0.15) is 6.33 Å². The number of aromatic amines is 1. The van der Waals surface area contributed by atoms with Crippen LogP contribution in [0.25, 0.3) is 27.8 Å². The van der Waals surface area contributed by atoms with E-state index in [9.17, 15) is 5.26 Å². The number of nitrogens with one attached hydrogen (secondary N) is 1. The van der Waals surface area contributed by atoms with Gasteiger partial charge in [0.15, 0.2) is 5.65 Å². The van der Waals surface area contributed by atoms with Crippen LogP contribution in [0.1, 0.15) is 73.6 Å². The molecular formula is C28H32N6. The highest BCUT2D eigenvalue weighted by atomic mass is 15.3. The molecule has 6 heteroatoms. The fourth-order valence-electron chi connectivity index (χ4n) is 6.64. The Labute approximate surface area is 200 Å². The van der Waals surface area contributed by atoms with Crippen molar-refractivity contribution < 1.29 is 0 Å². The Morgan fingerprint density at radius 3 is 2.62 bits per heavy atom. The highest BCUT2D eigenvalue weighted by Crippen LogP contribution is 2.44. The lowest BCUT2D eigenvalue weighted by atomic mass is 9.84. The van der Waals surface area contributed by atoms with E-state index in [1.807, 2.05) is 4.52 Å². The number of hydrogen-bond acceptors (Lipinski definition) is 4. The van der Waals surface area contributed by atoms with E-state index >= 15 is 0 Å². The van der Waals surface area contributed by atoms with Gasteiger partial charge in [-0.05, 0) is 85.8 Å². The molecule has 1 N–H and O–H groups in total. The van der Waals surface area contributed by atoms with Gasteiger partial charge >= 0.3 is 0 Å². The summed E-state index contributed by atoms with van der Waals surface area (Å²) < 4.78 is 1.89. The topological polar surface area (TPSA) is 73.0 Å². The van der Waals surface area contributed by atoms with E-state index < -0.39 is 0 Å².